The number of rotatable bonds is 2. The van der Waals surface area contributed by atoms with Crippen molar-refractivity contribution in [2.24, 2.45) is 5.92 Å². The molecule has 1 unspecified atom stereocenters. The van der Waals surface area contributed by atoms with E-state index >= 15 is 0 Å². The predicted octanol–water partition coefficient (Wildman–Crippen LogP) is 2.03. The van der Waals surface area contributed by atoms with Crippen LogP contribution in [0.15, 0.2) is 0 Å². The summed E-state index contributed by atoms with van der Waals surface area (Å²) in [6.45, 7) is 5.99. The summed E-state index contributed by atoms with van der Waals surface area (Å²) >= 11 is 3.52. The lowest BCUT2D eigenvalue weighted by molar-refractivity contribution is -0.130. The van der Waals surface area contributed by atoms with Gasteiger partial charge in [-0.3, -0.25) is 4.79 Å². The SMILES string of the molecule is CC(C)CC(=O)N1CCC(Br)C1. The number of carbonyl (C=O) groups excluding carboxylic acids is 1. The fraction of sp³-hybridized carbons (Fsp3) is 0.889. The van der Waals surface area contributed by atoms with Gasteiger partial charge in [0, 0.05) is 24.3 Å². The monoisotopic (exact) mass is 233 g/mol. The molecule has 2 nitrogen and oxygen atoms in total. The van der Waals surface area contributed by atoms with E-state index in [1.54, 1.807) is 0 Å². The highest BCUT2D eigenvalue weighted by Crippen LogP contribution is 2.18. The molecule has 0 aromatic carbocycles. The van der Waals surface area contributed by atoms with Gasteiger partial charge in [0.1, 0.15) is 0 Å². The van der Waals surface area contributed by atoms with Crippen molar-refractivity contribution in [2.75, 3.05) is 13.1 Å². The summed E-state index contributed by atoms with van der Waals surface area (Å²) in [5.41, 5.74) is 0. The maximum absolute atomic E-state index is 11.5. The number of amides is 1. The van der Waals surface area contributed by atoms with Crippen LogP contribution in [0.25, 0.3) is 0 Å². The average Bonchev–Trinajstić information content (AvgIpc) is 2.34. The van der Waals surface area contributed by atoms with E-state index in [0.717, 1.165) is 19.5 Å². The Morgan fingerprint density at radius 3 is 2.75 bits per heavy atom. The molecule has 1 aliphatic rings. The molecule has 0 aliphatic carbocycles. The normalized spacial score (nSPS) is 23.7. The summed E-state index contributed by atoms with van der Waals surface area (Å²) < 4.78 is 0. The van der Waals surface area contributed by atoms with Crippen molar-refractivity contribution in [2.45, 2.75) is 31.5 Å². The van der Waals surface area contributed by atoms with Crippen molar-refractivity contribution in [3.8, 4) is 0 Å². The summed E-state index contributed by atoms with van der Waals surface area (Å²) in [7, 11) is 0. The van der Waals surface area contributed by atoms with E-state index in [1.165, 1.54) is 0 Å². The fourth-order valence-corrected chi connectivity index (χ4v) is 1.98. The molecule has 1 saturated heterocycles. The number of carbonyl (C=O) groups is 1. The van der Waals surface area contributed by atoms with E-state index in [1.807, 2.05) is 4.90 Å². The lowest BCUT2D eigenvalue weighted by Gasteiger charge is -2.16. The van der Waals surface area contributed by atoms with Crippen molar-refractivity contribution >= 4 is 21.8 Å². The second-order valence-electron chi connectivity index (χ2n) is 3.82. The highest BCUT2D eigenvalue weighted by atomic mass is 79.9. The molecule has 1 rings (SSSR count). The Morgan fingerprint density at radius 2 is 2.33 bits per heavy atom. The van der Waals surface area contributed by atoms with Crippen LogP contribution in [-0.2, 0) is 4.79 Å². The summed E-state index contributed by atoms with van der Waals surface area (Å²) in [6.07, 6.45) is 1.80. The first-order valence-corrected chi connectivity index (χ1v) is 5.43. The number of hydrogen-bond acceptors (Lipinski definition) is 1. The minimum atomic E-state index is 0.312. The van der Waals surface area contributed by atoms with Gasteiger partial charge in [-0.15, -0.1) is 0 Å². The molecule has 70 valence electrons. The van der Waals surface area contributed by atoms with Crippen LogP contribution in [0.1, 0.15) is 26.7 Å². The van der Waals surface area contributed by atoms with Crippen LogP contribution in [0, 0.1) is 5.92 Å². The van der Waals surface area contributed by atoms with E-state index in [4.69, 9.17) is 0 Å². The molecule has 3 heteroatoms. The molecule has 0 radical (unpaired) electrons. The summed E-state index contributed by atoms with van der Waals surface area (Å²) in [5, 5.41) is 0. The summed E-state index contributed by atoms with van der Waals surface area (Å²) in [5.74, 6) is 0.791. The van der Waals surface area contributed by atoms with Crippen molar-refractivity contribution in [3.05, 3.63) is 0 Å². The van der Waals surface area contributed by atoms with Gasteiger partial charge in [-0.2, -0.15) is 0 Å². The molecule has 0 aromatic heterocycles. The smallest absolute Gasteiger partial charge is 0.222 e. The highest BCUT2D eigenvalue weighted by molar-refractivity contribution is 9.09. The number of hydrogen-bond donors (Lipinski definition) is 0. The molecule has 0 aromatic rings. The van der Waals surface area contributed by atoms with Crippen LogP contribution in [0.2, 0.25) is 0 Å². The van der Waals surface area contributed by atoms with Gasteiger partial charge in [-0.1, -0.05) is 29.8 Å². The molecule has 0 N–H and O–H groups in total. The summed E-state index contributed by atoms with van der Waals surface area (Å²) in [4.78, 5) is 14.0. The quantitative estimate of drug-likeness (QED) is 0.669. The molecule has 1 heterocycles. The van der Waals surface area contributed by atoms with Gasteiger partial charge in [0.15, 0.2) is 0 Å². The lowest BCUT2D eigenvalue weighted by atomic mass is 10.1. The van der Waals surface area contributed by atoms with Crippen LogP contribution in [0.4, 0.5) is 0 Å². The Morgan fingerprint density at radius 1 is 1.67 bits per heavy atom. The van der Waals surface area contributed by atoms with Gasteiger partial charge < -0.3 is 4.90 Å². The van der Waals surface area contributed by atoms with E-state index in [-0.39, 0.29) is 0 Å². The van der Waals surface area contributed by atoms with Crippen molar-refractivity contribution in [1.29, 1.82) is 0 Å². The molecule has 1 atom stereocenters. The Balaban J connectivity index is 2.33. The maximum Gasteiger partial charge on any atom is 0.222 e. The van der Waals surface area contributed by atoms with Crippen LogP contribution in [-0.4, -0.2) is 28.7 Å². The van der Waals surface area contributed by atoms with Gasteiger partial charge in [-0.25, -0.2) is 0 Å². The number of halogens is 1. The molecule has 1 fully saturated rings. The van der Waals surface area contributed by atoms with Crippen LogP contribution in [0.5, 0.6) is 0 Å². The standard InChI is InChI=1S/C9H16BrNO/c1-7(2)5-9(12)11-4-3-8(10)6-11/h7-8H,3-6H2,1-2H3. The number of likely N-dealkylation sites (tertiary alicyclic amines) is 1. The zero-order valence-electron chi connectivity index (χ0n) is 7.72. The minimum Gasteiger partial charge on any atom is -0.342 e. The number of alkyl halides is 1. The molecule has 0 bridgehead atoms. The predicted molar refractivity (Wildman–Crippen MR) is 53.4 cm³/mol. The number of nitrogens with zero attached hydrogens (tertiary/aromatic N) is 1. The highest BCUT2D eigenvalue weighted by Gasteiger charge is 2.24. The maximum atomic E-state index is 11.5. The third-order valence-electron chi connectivity index (χ3n) is 2.07. The van der Waals surface area contributed by atoms with E-state index in [9.17, 15) is 4.79 Å². The van der Waals surface area contributed by atoms with Gasteiger partial charge in [0.05, 0.1) is 0 Å². The van der Waals surface area contributed by atoms with Gasteiger partial charge in [0.2, 0.25) is 5.91 Å². The van der Waals surface area contributed by atoms with Crippen molar-refractivity contribution < 1.29 is 4.79 Å². The molecule has 0 spiro atoms. The zero-order valence-corrected chi connectivity index (χ0v) is 9.30. The van der Waals surface area contributed by atoms with Crippen molar-refractivity contribution in [3.63, 3.8) is 0 Å². The second kappa shape index (κ2) is 4.26. The molecule has 0 saturated carbocycles. The first-order chi connectivity index (χ1) is 5.59. The van der Waals surface area contributed by atoms with Crippen molar-refractivity contribution in [1.82, 2.24) is 4.90 Å². The van der Waals surface area contributed by atoms with Gasteiger partial charge >= 0.3 is 0 Å². The zero-order chi connectivity index (χ0) is 9.14. The molecular formula is C9H16BrNO. The van der Waals surface area contributed by atoms with E-state index in [2.05, 4.69) is 29.8 Å². The fourth-order valence-electron chi connectivity index (χ4n) is 1.42. The Labute approximate surface area is 82.4 Å². The van der Waals surface area contributed by atoms with Crippen LogP contribution >= 0.6 is 15.9 Å². The van der Waals surface area contributed by atoms with E-state index < -0.39 is 0 Å². The molecular weight excluding hydrogens is 218 g/mol. The van der Waals surface area contributed by atoms with E-state index in [0.29, 0.717) is 23.1 Å². The molecule has 12 heavy (non-hydrogen) atoms. The Bertz CT molecular complexity index is 170. The largest absolute Gasteiger partial charge is 0.342 e. The molecule has 1 amide bonds. The first-order valence-electron chi connectivity index (χ1n) is 4.51. The van der Waals surface area contributed by atoms with Crippen LogP contribution < -0.4 is 0 Å². The lowest BCUT2D eigenvalue weighted by Crippen LogP contribution is -2.29. The summed E-state index contributed by atoms with van der Waals surface area (Å²) in [6, 6.07) is 0. The molecule has 1 aliphatic heterocycles. The van der Waals surface area contributed by atoms with Gasteiger partial charge in [-0.05, 0) is 12.3 Å². The van der Waals surface area contributed by atoms with Crippen LogP contribution in [0.3, 0.4) is 0 Å². The van der Waals surface area contributed by atoms with Gasteiger partial charge in [0.25, 0.3) is 0 Å². The second-order valence-corrected chi connectivity index (χ2v) is 5.12. The topological polar surface area (TPSA) is 20.3 Å². The first kappa shape index (κ1) is 10.0. The minimum absolute atomic E-state index is 0.312. The third kappa shape index (κ3) is 2.77. The Hall–Kier alpha value is -0.0500. The average molecular weight is 234 g/mol. The Kier molecular flexibility index (Phi) is 3.56. The third-order valence-corrected chi connectivity index (χ3v) is 2.81.